The molecule has 0 aliphatic carbocycles. The van der Waals surface area contributed by atoms with Gasteiger partial charge in [0.2, 0.25) is 0 Å². The van der Waals surface area contributed by atoms with Crippen molar-refractivity contribution in [3.05, 3.63) is 41.6 Å². The van der Waals surface area contributed by atoms with Crippen molar-refractivity contribution < 1.29 is 0 Å². The van der Waals surface area contributed by atoms with Crippen LogP contribution in [0.2, 0.25) is 5.02 Å². The van der Waals surface area contributed by atoms with Crippen molar-refractivity contribution in [2.24, 2.45) is 0 Å². The van der Waals surface area contributed by atoms with Gasteiger partial charge in [0.1, 0.15) is 5.82 Å². The highest BCUT2D eigenvalue weighted by atomic mass is 35.5. The molecule has 0 saturated carbocycles. The lowest BCUT2D eigenvalue weighted by atomic mass is 10.1. The lowest BCUT2D eigenvalue weighted by Gasteiger charge is -1.96. The molecule has 3 N–H and O–H groups in total. The molecule has 0 saturated heterocycles. The lowest BCUT2D eigenvalue weighted by molar-refractivity contribution is 1.42. The zero-order valence-corrected chi connectivity index (χ0v) is 7.68. The minimum Gasteiger partial charge on any atom is -0.385 e. The van der Waals surface area contributed by atoms with Gasteiger partial charge in [0.25, 0.3) is 0 Å². The fourth-order valence-corrected chi connectivity index (χ4v) is 1.44. The van der Waals surface area contributed by atoms with E-state index in [1.54, 1.807) is 0 Å². The Labute approximate surface area is 81.3 Å². The quantitative estimate of drug-likeness (QED) is 0.717. The van der Waals surface area contributed by atoms with Crippen molar-refractivity contribution in [3.8, 4) is 11.1 Å². The third kappa shape index (κ3) is 1.68. The van der Waals surface area contributed by atoms with E-state index in [-0.39, 0.29) is 0 Å². The second-order valence-corrected chi connectivity index (χ2v) is 3.29. The molecule has 66 valence electrons. The van der Waals surface area contributed by atoms with E-state index in [0.29, 0.717) is 5.82 Å². The average molecular weight is 193 g/mol. The van der Waals surface area contributed by atoms with Gasteiger partial charge in [-0.2, -0.15) is 0 Å². The maximum absolute atomic E-state index is 5.86. The zero-order chi connectivity index (χ0) is 9.26. The van der Waals surface area contributed by atoms with E-state index in [4.69, 9.17) is 17.3 Å². The molecule has 2 rings (SSSR count). The van der Waals surface area contributed by atoms with E-state index in [1.165, 1.54) is 0 Å². The van der Waals surface area contributed by atoms with Gasteiger partial charge < -0.3 is 10.7 Å². The molecule has 0 bridgehead atoms. The summed E-state index contributed by atoms with van der Waals surface area (Å²) in [6.07, 6.45) is 1.86. The number of benzene rings is 1. The Morgan fingerprint density at radius 1 is 1.15 bits per heavy atom. The summed E-state index contributed by atoms with van der Waals surface area (Å²) in [6.45, 7) is 0. The minimum atomic E-state index is 0.662. The van der Waals surface area contributed by atoms with Crippen molar-refractivity contribution in [1.82, 2.24) is 4.98 Å². The Balaban J connectivity index is 2.46. The highest BCUT2D eigenvalue weighted by Gasteiger charge is 1.99. The molecule has 1 aromatic heterocycles. The summed E-state index contributed by atoms with van der Waals surface area (Å²) in [6, 6.07) is 9.55. The topological polar surface area (TPSA) is 41.8 Å². The van der Waals surface area contributed by atoms with E-state index in [2.05, 4.69) is 4.98 Å². The average Bonchev–Trinajstić information content (AvgIpc) is 2.52. The van der Waals surface area contributed by atoms with Crippen LogP contribution in [0.3, 0.4) is 0 Å². The molecule has 0 radical (unpaired) electrons. The third-order valence-electron chi connectivity index (χ3n) is 1.86. The number of rotatable bonds is 1. The first-order valence-corrected chi connectivity index (χ1v) is 4.33. The number of nitrogen functional groups attached to an aromatic ring is 1. The molecule has 1 aromatic carbocycles. The number of hydrogen-bond acceptors (Lipinski definition) is 1. The van der Waals surface area contributed by atoms with Gasteiger partial charge in [0.15, 0.2) is 0 Å². The van der Waals surface area contributed by atoms with Crippen LogP contribution in [0.1, 0.15) is 0 Å². The van der Waals surface area contributed by atoms with Gasteiger partial charge in [0, 0.05) is 16.8 Å². The Morgan fingerprint density at radius 3 is 2.62 bits per heavy atom. The van der Waals surface area contributed by atoms with Gasteiger partial charge >= 0.3 is 0 Å². The van der Waals surface area contributed by atoms with Crippen LogP contribution in [0, 0.1) is 0 Å². The lowest BCUT2D eigenvalue weighted by Crippen LogP contribution is -1.79. The summed E-state index contributed by atoms with van der Waals surface area (Å²) < 4.78 is 0. The minimum absolute atomic E-state index is 0.662. The SMILES string of the molecule is Nc1cc(-c2cccc(Cl)c2)c[nH]1. The van der Waals surface area contributed by atoms with Gasteiger partial charge in [-0.15, -0.1) is 0 Å². The highest BCUT2D eigenvalue weighted by Crippen LogP contribution is 2.23. The predicted molar refractivity (Wildman–Crippen MR) is 55.7 cm³/mol. The monoisotopic (exact) mass is 192 g/mol. The standard InChI is InChI=1S/C10H9ClN2/c11-9-3-1-2-7(4-9)8-5-10(12)13-6-8/h1-6,13H,12H2. The van der Waals surface area contributed by atoms with Gasteiger partial charge in [0.05, 0.1) is 0 Å². The van der Waals surface area contributed by atoms with Gasteiger partial charge in [-0.05, 0) is 23.8 Å². The largest absolute Gasteiger partial charge is 0.385 e. The fraction of sp³-hybridized carbons (Fsp3) is 0. The van der Waals surface area contributed by atoms with E-state index in [0.717, 1.165) is 16.1 Å². The molecule has 2 nitrogen and oxygen atoms in total. The summed E-state index contributed by atoms with van der Waals surface area (Å²) in [4.78, 5) is 2.92. The Hall–Kier alpha value is -1.41. The molecule has 0 amide bonds. The summed E-state index contributed by atoms with van der Waals surface area (Å²) in [7, 11) is 0. The summed E-state index contributed by atoms with van der Waals surface area (Å²) in [5.74, 6) is 0.662. The Morgan fingerprint density at radius 2 is 2.00 bits per heavy atom. The number of nitrogens with two attached hydrogens (primary N) is 1. The maximum Gasteiger partial charge on any atom is 0.101 e. The smallest absolute Gasteiger partial charge is 0.101 e. The van der Waals surface area contributed by atoms with Crippen molar-refractivity contribution in [1.29, 1.82) is 0 Å². The van der Waals surface area contributed by atoms with Crippen LogP contribution in [-0.2, 0) is 0 Å². The number of halogens is 1. The number of anilines is 1. The first-order chi connectivity index (χ1) is 6.25. The number of aromatic amines is 1. The van der Waals surface area contributed by atoms with Gasteiger partial charge in [-0.3, -0.25) is 0 Å². The van der Waals surface area contributed by atoms with Gasteiger partial charge in [-0.25, -0.2) is 0 Å². The highest BCUT2D eigenvalue weighted by molar-refractivity contribution is 6.30. The molecule has 0 fully saturated rings. The van der Waals surface area contributed by atoms with Crippen LogP contribution in [0.4, 0.5) is 5.82 Å². The number of aromatic nitrogens is 1. The van der Waals surface area contributed by atoms with Crippen LogP contribution < -0.4 is 5.73 Å². The van der Waals surface area contributed by atoms with Crippen LogP contribution >= 0.6 is 11.6 Å². The molecule has 0 unspecified atom stereocenters. The molecule has 0 atom stereocenters. The molecule has 13 heavy (non-hydrogen) atoms. The van der Waals surface area contributed by atoms with Crippen LogP contribution in [-0.4, -0.2) is 4.98 Å². The molecule has 2 aromatic rings. The van der Waals surface area contributed by atoms with Crippen molar-refractivity contribution >= 4 is 17.4 Å². The van der Waals surface area contributed by atoms with E-state index in [1.807, 2.05) is 36.5 Å². The Bertz CT molecular complexity index is 420. The number of nitrogens with one attached hydrogen (secondary N) is 1. The second-order valence-electron chi connectivity index (χ2n) is 2.85. The van der Waals surface area contributed by atoms with Crippen LogP contribution in [0.25, 0.3) is 11.1 Å². The van der Waals surface area contributed by atoms with E-state index >= 15 is 0 Å². The molecule has 3 heteroatoms. The van der Waals surface area contributed by atoms with Crippen molar-refractivity contribution in [2.75, 3.05) is 5.73 Å². The molecule has 1 heterocycles. The first-order valence-electron chi connectivity index (χ1n) is 3.95. The van der Waals surface area contributed by atoms with Crippen molar-refractivity contribution in [3.63, 3.8) is 0 Å². The molecule has 0 aliphatic rings. The van der Waals surface area contributed by atoms with E-state index < -0.39 is 0 Å². The maximum atomic E-state index is 5.86. The normalized spacial score (nSPS) is 10.2. The zero-order valence-electron chi connectivity index (χ0n) is 6.92. The first kappa shape index (κ1) is 8.20. The molecule has 0 spiro atoms. The Kier molecular flexibility index (Phi) is 1.99. The van der Waals surface area contributed by atoms with Crippen LogP contribution in [0.5, 0.6) is 0 Å². The summed E-state index contributed by atoms with van der Waals surface area (Å²) in [5.41, 5.74) is 7.69. The fourth-order valence-electron chi connectivity index (χ4n) is 1.25. The molecular formula is C10H9ClN2. The number of H-pyrrole nitrogens is 1. The van der Waals surface area contributed by atoms with Crippen molar-refractivity contribution in [2.45, 2.75) is 0 Å². The molecule has 0 aliphatic heterocycles. The summed E-state index contributed by atoms with van der Waals surface area (Å²) in [5, 5.41) is 0.734. The van der Waals surface area contributed by atoms with E-state index in [9.17, 15) is 0 Å². The third-order valence-corrected chi connectivity index (χ3v) is 2.10. The van der Waals surface area contributed by atoms with Crippen LogP contribution in [0.15, 0.2) is 36.5 Å². The molecular weight excluding hydrogens is 184 g/mol. The summed E-state index contributed by atoms with van der Waals surface area (Å²) >= 11 is 5.86. The number of hydrogen-bond donors (Lipinski definition) is 2. The second kappa shape index (κ2) is 3.15. The predicted octanol–water partition coefficient (Wildman–Crippen LogP) is 2.92. The van der Waals surface area contributed by atoms with Gasteiger partial charge in [-0.1, -0.05) is 23.7 Å².